The minimum absolute atomic E-state index is 0.197. The lowest BCUT2D eigenvalue weighted by Gasteiger charge is -2.28. The van der Waals surface area contributed by atoms with Crippen LogP contribution in [0.4, 0.5) is 0 Å². The highest BCUT2D eigenvalue weighted by molar-refractivity contribution is 5.03. The van der Waals surface area contributed by atoms with Crippen LogP contribution in [0, 0.1) is 0 Å². The Balaban J connectivity index is 2.63. The van der Waals surface area contributed by atoms with Gasteiger partial charge in [0.1, 0.15) is 0 Å². The molecule has 1 heterocycles. The van der Waals surface area contributed by atoms with Crippen molar-refractivity contribution >= 4 is 0 Å². The highest BCUT2D eigenvalue weighted by Crippen LogP contribution is 2.16. The third-order valence-electron chi connectivity index (χ3n) is 1.85. The van der Waals surface area contributed by atoms with Gasteiger partial charge in [-0.3, -0.25) is 0 Å². The van der Waals surface area contributed by atoms with E-state index in [1.54, 1.807) is 12.2 Å². The molecule has 1 aliphatic heterocycles. The second kappa shape index (κ2) is 5.62. The monoisotopic (exact) mass is 199 g/mol. The van der Waals surface area contributed by atoms with E-state index in [2.05, 4.69) is 10.0 Å². The predicted molar refractivity (Wildman–Crippen MR) is 49.4 cm³/mol. The van der Waals surface area contributed by atoms with Gasteiger partial charge in [-0.05, 0) is 18.5 Å². The molecule has 0 aromatic rings. The molecule has 0 saturated heterocycles. The summed E-state index contributed by atoms with van der Waals surface area (Å²) in [5, 5.41) is 12.5. The standard InChI is InChI=1S/C8H13N3O3/c1-2-13-8-4-3-6(10-11-9)7(5-12)14-8/h3-4,6-8,12H,2,5H2,1H3/t6-,7-,8+/m1/s1. The fourth-order valence-corrected chi connectivity index (χ4v) is 1.21. The molecule has 0 aromatic carbocycles. The number of hydrogen-bond donors (Lipinski definition) is 1. The van der Waals surface area contributed by atoms with E-state index in [0.717, 1.165) is 0 Å². The molecular weight excluding hydrogens is 186 g/mol. The largest absolute Gasteiger partial charge is 0.394 e. The van der Waals surface area contributed by atoms with Crippen LogP contribution in [0.25, 0.3) is 10.4 Å². The quantitative estimate of drug-likeness (QED) is 0.317. The Morgan fingerprint density at radius 2 is 2.43 bits per heavy atom. The summed E-state index contributed by atoms with van der Waals surface area (Å²) in [4.78, 5) is 2.67. The zero-order chi connectivity index (χ0) is 10.4. The average Bonchev–Trinajstić information content (AvgIpc) is 2.21. The summed E-state index contributed by atoms with van der Waals surface area (Å²) in [5.74, 6) is 0. The van der Waals surface area contributed by atoms with Crippen LogP contribution >= 0.6 is 0 Å². The first-order chi connectivity index (χ1) is 6.81. The number of aliphatic hydroxyl groups excluding tert-OH is 1. The molecule has 3 atom stereocenters. The highest BCUT2D eigenvalue weighted by atomic mass is 16.7. The van der Waals surface area contributed by atoms with Gasteiger partial charge in [0.05, 0.1) is 18.8 Å². The fourth-order valence-electron chi connectivity index (χ4n) is 1.21. The van der Waals surface area contributed by atoms with Crippen LogP contribution in [0.1, 0.15) is 6.92 Å². The van der Waals surface area contributed by atoms with Gasteiger partial charge >= 0.3 is 0 Å². The van der Waals surface area contributed by atoms with E-state index in [1.165, 1.54) is 0 Å². The van der Waals surface area contributed by atoms with E-state index in [4.69, 9.17) is 20.1 Å². The molecule has 1 aliphatic rings. The molecule has 14 heavy (non-hydrogen) atoms. The number of ether oxygens (including phenoxy) is 2. The number of hydrogen-bond acceptors (Lipinski definition) is 4. The van der Waals surface area contributed by atoms with Crippen LogP contribution in [-0.4, -0.2) is 36.8 Å². The first kappa shape index (κ1) is 11.0. The molecule has 0 radical (unpaired) electrons. The van der Waals surface area contributed by atoms with Crippen LogP contribution in [-0.2, 0) is 9.47 Å². The van der Waals surface area contributed by atoms with Gasteiger partial charge in [0, 0.05) is 11.5 Å². The van der Waals surface area contributed by atoms with E-state index in [0.29, 0.717) is 6.61 Å². The lowest BCUT2D eigenvalue weighted by molar-refractivity contribution is -0.157. The van der Waals surface area contributed by atoms with Crippen molar-refractivity contribution < 1.29 is 14.6 Å². The molecule has 0 fully saturated rings. The summed E-state index contributed by atoms with van der Waals surface area (Å²) in [5.41, 5.74) is 8.26. The molecule has 0 amide bonds. The van der Waals surface area contributed by atoms with E-state index >= 15 is 0 Å². The predicted octanol–water partition coefficient (Wildman–Crippen LogP) is 0.975. The fraction of sp³-hybridized carbons (Fsp3) is 0.750. The van der Waals surface area contributed by atoms with Gasteiger partial charge in [-0.1, -0.05) is 11.2 Å². The minimum atomic E-state index is -0.521. The molecule has 78 valence electrons. The van der Waals surface area contributed by atoms with Gasteiger partial charge in [-0.15, -0.1) is 0 Å². The van der Waals surface area contributed by atoms with Gasteiger partial charge in [-0.2, -0.15) is 0 Å². The van der Waals surface area contributed by atoms with Crippen molar-refractivity contribution in [2.24, 2.45) is 5.11 Å². The van der Waals surface area contributed by atoms with Gasteiger partial charge in [0.15, 0.2) is 6.29 Å². The summed E-state index contributed by atoms with van der Waals surface area (Å²) >= 11 is 0. The average molecular weight is 199 g/mol. The maximum absolute atomic E-state index is 8.98. The molecule has 1 N–H and O–H groups in total. The molecule has 0 aromatic heterocycles. The van der Waals surface area contributed by atoms with Crippen LogP contribution in [0.5, 0.6) is 0 Å². The molecule has 6 nitrogen and oxygen atoms in total. The first-order valence-electron chi connectivity index (χ1n) is 4.42. The van der Waals surface area contributed by atoms with E-state index in [-0.39, 0.29) is 6.61 Å². The first-order valence-corrected chi connectivity index (χ1v) is 4.42. The Bertz CT molecular complexity index is 250. The summed E-state index contributed by atoms with van der Waals surface area (Å²) in [6.45, 7) is 2.18. The second-order valence-electron chi connectivity index (χ2n) is 2.76. The minimum Gasteiger partial charge on any atom is -0.394 e. The van der Waals surface area contributed by atoms with Crippen molar-refractivity contribution in [1.29, 1.82) is 0 Å². The Morgan fingerprint density at radius 3 is 3.00 bits per heavy atom. The van der Waals surface area contributed by atoms with E-state index in [1.807, 2.05) is 6.92 Å². The Kier molecular flexibility index (Phi) is 4.42. The Hall–Kier alpha value is -1.07. The van der Waals surface area contributed by atoms with Gasteiger partial charge < -0.3 is 14.6 Å². The number of nitrogens with zero attached hydrogens (tertiary/aromatic N) is 3. The molecular formula is C8H13N3O3. The van der Waals surface area contributed by atoms with Crippen LogP contribution < -0.4 is 0 Å². The number of rotatable bonds is 4. The van der Waals surface area contributed by atoms with Crippen molar-refractivity contribution in [2.75, 3.05) is 13.2 Å². The van der Waals surface area contributed by atoms with E-state index < -0.39 is 18.4 Å². The molecule has 0 aliphatic carbocycles. The lowest BCUT2D eigenvalue weighted by Crippen LogP contribution is -2.37. The third-order valence-corrected chi connectivity index (χ3v) is 1.85. The summed E-state index contributed by atoms with van der Waals surface area (Å²) in [6, 6.07) is -0.457. The topological polar surface area (TPSA) is 87.5 Å². The lowest BCUT2D eigenvalue weighted by atomic mass is 10.1. The Labute approximate surface area is 81.8 Å². The van der Waals surface area contributed by atoms with Gasteiger partial charge in [0.2, 0.25) is 0 Å². The van der Waals surface area contributed by atoms with Gasteiger partial charge in [-0.25, -0.2) is 0 Å². The van der Waals surface area contributed by atoms with Crippen molar-refractivity contribution in [3.8, 4) is 0 Å². The molecule has 1 rings (SSSR count). The van der Waals surface area contributed by atoms with Gasteiger partial charge in [0.25, 0.3) is 0 Å². The van der Waals surface area contributed by atoms with E-state index in [9.17, 15) is 0 Å². The number of aliphatic hydroxyl groups is 1. The Morgan fingerprint density at radius 1 is 1.64 bits per heavy atom. The molecule has 0 unspecified atom stereocenters. The second-order valence-corrected chi connectivity index (χ2v) is 2.76. The summed E-state index contributed by atoms with van der Waals surface area (Å²) in [7, 11) is 0. The normalized spacial score (nSPS) is 31.1. The molecule has 0 spiro atoms. The van der Waals surface area contributed by atoms with Crippen molar-refractivity contribution in [2.45, 2.75) is 25.4 Å². The summed E-state index contributed by atoms with van der Waals surface area (Å²) < 4.78 is 10.5. The maximum atomic E-state index is 8.98. The van der Waals surface area contributed by atoms with Crippen molar-refractivity contribution in [3.05, 3.63) is 22.6 Å². The van der Waals surface area contributed by atoms with Crippen molar-refractivity contribution in [1.82, 2.24) is 0 Å². The van der Waals surface area contributed by atoms with Crippen LogP contribution in [0.3, 0.4) is 0 Å². The smallest absolute Gasteiger partial charge is 0.177 e. The SMILES string of the molecule is CCO[C@@H]1C=C[C@@H](N=[N+]=[N-])[C@@H](CO)O1. The highest BCUT2D eigenvalue weighted by Gasteiger charge is 2.25. The van der Waals surface area contributed by atoms with Crippen molar-refractivity contribution in [3.63, 3.8) is 0 Å². The molecule has 6 heteroatoms. The third kappa shape index (κ3) is 2.71. The molecule has 0 saturated carbocycles. The van der Waals surface area contributed by atoms with Crippen LogP contribution in [0.2, 0.25) is 0 Å². The maximum Gasteiger partial charge on any atom is 0.177 e. The zero-order valence-corrected chi connectivity index (χ0v) is 7.91. The zero-order valence-electron chi connectivity index (χ0n) is 7.91. The molecule has 0 bridgehead atoms. The summed E-state index contributed by atoms with van der Waals surface area (Å²) in [6.07, 6.45) is 2.38. The van der Waals surface area contributed by atoms with Crippen LogP contribution in [0.15, 0.2) is 17.3 Å². The number of azide groups is 1.